The van der Waals surface area contributed by atoms with E-state index in [1.807, 2.05) is 42.6 Å². The van der Waals surface area contributed by atoms with Crippen LogP contribution in [0, 0.1) is 6.92 Å². The minimum absolute atomic E-state index is 0.0375. The molecular weight excluding hydrogens is 230 g/mol. The Hall–Kier alpha value is -1.16. The van der Waals surface area contributed by atoms with Gasteiger partial charge in [0, 0.05) is 12.5 Å². The third-order valence-corrected chi connectivity index (χ3v) is 3.96. The predicted octanol–water partition coefficient (Wildman–Crippen LogP) is 2.83. The highest BCUT2D eigenvalue weighted by molar-refractivity contribution is 7.08. The van der Waals surface area contributed by atoms with Crippen LogP contribution in [0.4, 0.5) is 0 Å². The second kappa shape index (κ2) is 5.45. The lowest BCUT2D eigenvalue weighted by atomic mass is 9.89. The Bertz CT molecular complexity index is 466. The van der Waals surface area contributed by atoms with E-state index in [-0.39, 0.29) is 5.92 Å². The van der Waals surface area contributed by atoms with Crippen molar-refractivity contribution < 1.29 is 5.11 Å². The maximum atomic E-state index is 10.4. The van der Waals surface area contributed by atoms with Crippen molar-refractivity contribution in [2.75, 3.05) is 6.54 Å². The molecule has 90 valence electrons. The van der Waals surface area contributed by atoms with E-state index in [1.165, 1.54) is 0 Å². The molecule has 2 rings (SSSR count). The van der Waals surface area contributed by atoms with E-state index < -0.39 is 6.10 Å². The molecule has 0 aliphatic heterocycles. The number of hydrogen-bond donors (Lipinski definition) is 2. The van der Waals surface area contributed by atoms with Crippen LogP contribution < -0.4 is 5.73 Å². The first kappa shape index (κ1) is 12.3. The SMILES string of the molecule is Cc1cscc1C(O)C(CN)c1ccccc1. The molecule has 0 bridgehead atoms. The average molecular weight is 247 g/mol. The van der Waals surface area contributed by atoms with Crippen LogP contribution in [0.1, 0.15) is 28.7 Å². The summed E-state index contributed by atoms with van der Waals surface area (Å²) in [5, 5.41) is 14.5. The van der Waals surface area contributed by atoms with E-state index in [2.05, 4.69) is 5.38 Å². The van der Waals surface area contributed by atoms with Crippen LogP contribution >= 0.6 is 11.3 Å². The molecule has 17 heavy (non-hydrogen) atoms. The lowest BCUT2D eigenvalue weighted by Gasteiger charge is -2.22. The number of aliphatic hydroxyl groups is 1. The molecule has 0 amide bonds. The predicted molar refractivity (Wildman–Crippen MR) is 72.3 cm³/mol. The Morgan fingerprint density at radius 1 is 1.24 bits per heavy atom. The lowest BCUT2D eigenvalue weighted by molar-refractivity contribution is 0.147. The number of hydrogen-bond acceptors (Lipinski definition) is 3. The van der Waals surface area contributed by atoms with Gasteiger partial charge in [-0.15, -0.1) is 0 Å². The van der Waals surface area contributed by atoms with Gasteiger partial charge in [-0.05, 0) is 34.4 Å². The third-order valence-electron chi connectivity index (χ3n) is 3.08. The first-order valence-electron chi connectivity index (χ1n) is 5.69. The summed E-state index contributed by atoms with van der Waals surface area (Å²) in [5.41, 5.74) is 9.03. The summed E-state index contributed by atoms with van der Waals surface area (Å²) in [6, 6.07) is 9.96. The van der Waals surface area contributed by atoms with Crippen molar-refractivity contribution in [2.45, 2.75) is 18.9 Å². The van der Waals surface area contributed by atoms with Gasteiger partial charge in [-0.1, -0.05) is 30.3 Å². The van der Waals surface area contributed by atoms with Crippen LogP contribution in [0.2, 0.25) is 0 Å². The molecule has 2 nitrogen and oxygen atoms in total. The third kappa shape index (κ3) is 2.57. The fourth-order valence-corrected chi connectivity index (χ4v) is 2.92. The van der Waals surface area contributed by atoms with Crippen LogP contribution in [0.25, 0.3) is 0 Å². The maximum Gasteiger partial charge on any atom is 0.0881 e. The zero-order valence-corrected chi connectivity index (χ0v) is 10.7. The number of thiophene rings is 1. The highest BCUT2D eigenvalue weighted by Crippen LogP contribution is 2.33. The number of benzene rings is 1. The fourth-order valence-electron chi connectivity index (χ4n) is 2.04. The van der Waals surface area contributed by atoms with Crippen molar-refractivity contribution in [2.24, 2.45) is 5.73 Å². The molecule has 0 aliphatic carbocycles. The molecule has 0 saturated heterocycles. The van der Waals surface area contributed by atoms with Gasteiger partial charge in [0.15, 0.2) is 0 Å². The Balaban J connectivity index is 2.28. The van der Waals surface area contributed by atoms with Gasteiger partial charge in [0.25, 0.3) is 0 Å². The van der Waals surface area contributed by atoms with Crippen LogP contribution in [0.15, 0.2) is 41.1 Å². The lowest BCUT2D eigenvalue weighted by Crippen LogP contribution is -2.20. The second-order valence-electron chi connectivity index (χ2n) is 4.21. The quantitative estimate of drug-likeness (QED) is 0.872. The summed E-state index contributed by atoms with van der Waals surface area (Å²) in [4.78, 5) is 0. The molecule has 0 radical (unpaired) electrons. The highest BCUT2D eigenvalue weighted by atomic mass is 32.1. The summed E-state index contributed by atoms with van der Waals surface area (Å²) >= 11 is 1.62. The normalized spacial score (nSPS) is 14.5. The van der Waals surface area contributed by atoms with E-state index in [0.717, 1.165) is 16.7 Å². The minimum atomic E-state index is -0.520. The van der Waals surface area contributed by atoms with Gasteiger partial charge in [0.2, 0.25) is 0 Å². The van der Waals surface area contributed by atoms with Gasteiger partial charge in [0.05, 0.1) is 6.10 Å². The zero-order valence-electron chi connectivity index (χ0n) is 9.84. The van der Waals surface area contributed by atoms with Crippen LogP contribution in [-0.4, -0.2) is 11.7 Å². The Labute approximate surface area is 106 Å². The van der Waals surface area contributed by atoms with Crippen molar-refractivity contribution in [3.63, 3.8) is 0 Å². The zero-order chi connectivity index (χ0) is 12.3. The fraction of sp³-hybridized carbons (Fsp3) is 0.286. The van der Waals surface area contributed by atoms with Crippen molar-refractivity contribution in [3.05, 3.63) is 57.8 Å². The van der Waals surface area contributed by atoms with Gasteiger partial charge in [-0.2, -0.15) is 11.3 Å². The number of nitrogens with two attached hydrogens (primary N) is 1. The molecule has 3 N–H and O–H groups in total. The Morgan fingerprint density at radius 3 is 2.47 bits per heavy atom. The molecule has 1 heterocycles. The summed E-state index contributed by atoms with van der Waals surface area (Å²) < 4.78 is 0. The molecule has 0 spiro atoms. The molecule has 0 saturated carbocycles. The largest absolute Gasteiger partial charge is 0.388 e. The number of rotatable bonds is 4. The molecule has 3 heteroatoms. The molecule has 2 aromatic rings. The topological polar surface area (TPSA) is 46.2 Å². The van der Waals surface area contributed by atoms with Gasteiger partial charge >= 0.3 is 0 Å². The number of aryl methyl sites for hydroxylation is 1. The first-order valence-corrected chi connectivity index (χ1v) is 6.64. The van der Waals surface area contributed by atoms with Gasteiger partial charge < -0.3 is 10.8 Å². The summed E-state index contributed by atoms with van der Waals surface area (Å²) in [5.74, 6) is -0.0375. The van der Waals surface area contributed by atoms with Crippen molar-refractivity contribution >= 4 is 11.3 Å². The van der Waals surface area contributed by atoms with Gasteiger partial charge in [0.1, 0.15) is 0 Å². The molecule has 1 aromatic carbocycles. The highest BCUT2D eigenvalue weighted by Gasteiger charge is 2.22. The monoisotopic (exact) mass is 247 g/mol. The summed E-state index contributed by atoms with van der Waals surface area (Å²) in [6.45, 7) is 2.47. The smallest absolute Gasteiger partial charge is 0.0881 e. The van der Waals surface area contributed by atoms with Crippen molar-refractivity contribution in [1.82, 2.24) is 0 Å². The average Bonchev–Trinajstić information content (AvgIpc) is 2.77. The molecular formula is C14H17NOS. The van der Waals surface area contributed by atoms with E-state index in [1.54, 1.807) is 11.3 Å². The Kier molecular flexibility index (Phi) is 3.94. The first-order chi connectivity index (χ1) is 8.24. The van der Waals surface area contributed by atoms with E-state index in [9.17, 15) is 5.11 Å². The minimum Gasteiger partial charge on any atom is -0.388 e. The Morgan fingerprint density at radius 2 is 1.94 bits per heavy atom. The molecule has 1 aromatic heterocycles. The van der Waals surface area contributed by atoms with Crippen LogP contribution in [-0.2, 0) is 0 Å². The van der Waals surface area contributed by atoms with E-state index in [0.29, 0.717) is 6.54 Å². The van der Waals surface area contributed by atoms with Crippen molar-refractivity contribution in [1.29, 1.82) is 0 Å². The maximum absolute atomic E-state index is 10.4. The standard InChI is InChI=1S/C14H17NOS/c1-10-8-17-9-13(10)14(16)12(7-15)11-5-3-2-4-6-11/h2-6,8-9,12,14,16H,7,15H2,1H3. The second-order valence-corrected chi connectivity index (χ2v) is 4.95. The van der Waals surface area contributed by atoms with Crippen LogP contribution in [0.3, 0.4) is 0 Å². The van der Waals surface area contributed by atoms with E-state index >= 15 is 0 Å². The van der Waals surface area contributed by atoms with Crippen molar-refractivity contribution in [3.8, 4) is 0 Å². The van der Waals surface area contributed by atoms with Gasteiger partial charge in [-0.3, -0.25) is 0 Å². The molecule has 2 unspecified atom stereocenters. The van der Waals surface area contributed by atoms with E-state index in [4.69, 9.17) is 5.73 Å². The molecule has 0 fully saturated rings. The van der Waals surface area contributed by atoms with Gasteiger partial charge in [-0.25, -0.2) is 0 Å². The summed E-state index contributed by atoms with van der Waals surface area (Å²) in [6.07, 6.45) is -0.520. The van der Waals surface area contributed by atoms with Crippen LogP contribution in [0.5, 0.6) is 0 Å². The molecule has 2 atom stereocenters. The molecule has 0 aliphatic rings. The number of aliphatic hydroxyl groups excluding tert-OH is 1. The summed E-state index contributed by atoms with van der Waals surface area (Å²) in [7, 11) is 0.